The van der Waals surface area contributed by atoms with Crippen LogP contribution in [-0.2, 0) is 0 Å². The topological polar surface area (TPSA) is 61.3 Å². The molecule has 1 atom stereocenters. The van der Waals surface area contributed by atoms with Crippen molar-refractivity contribution in [2.45, 2.75) is 51.0 Å². The predicted molar refractivity (Wildman–Crippen MR) is 90.4 cm³/mol. The van der Waals surface area contributed by atoms with E-state index < -0.39 is 0 Å². The zero-order valence-electron chi connectivity index (χ0n) is 13.3. The quantitative estimate of drug-likeness (QED) is 0.892. The van der Waals surface area contributed by atoms with Crippen LogP contribution in [0.3, 0.4) is 0 Å². The Morgan fingerprint density at radius 2 is 1.68 bits per heavy atom. The molecule has 1 unspecified atom stereocenters. The van der Waals surface area contributed by atoms with Gasteiger partial charge in [0.2, 0.25) is 0 Å². The van der Waals surface area contributed by atoms with Crippen molar-refractivity contribution in [2.75, 3.05) is 0 Å². The molecule has 0 aliphatic heterocycles. The molecule has 1 saturated carbocycles. The molecular formula is C19H26N2O. The van der Waals surface area contributed by atoms with Crippen LogP contribution in [-0.4, -0.2) is 6.10 Å². The van der Waals surface area contributed by atoms with E-state index in [0.29, 0.717) is 11.6 Å². The van der Waals surface area contributed by atoms with E-state index in [9.17, 15) is 0 Å². The Bertz CT molecular complexity index is 566. The van der Waals surface area contributed by atoms with Gasteiger partial charge in [-0.15, -0.1) is 0 Å². The van der Waals surface area contributed by atoms with Gasteiger partial charge < -0.3 is 16.2 Å². The molecule has 2 aliphatic carbocycles. The standard InChI is InChI=1S/C19H26N2O/c1-13-2-4-14(5-3-13)15-6-9-17(10-7-15)22-19-11-8-16(20)12-18(19)21/h6-10,12-14,19H,2-5,11,20-21H2,1H3. The van der Waals surface area contributed by atoms with Crippen LogP contribution in [0, 0.1) is 5.92 Å². The summed E-state index contributed by atoms with van der Waals surface area (Å²) < 4.78 is 5.98. The third kappa shape index (κ3) is 3.46. The third-order valence-corrected chi connectivity index (χ3v) is 4.92. The summed E-state index contributed by atoms with van der Waals surface area (Å²) in [6.45, 7) is 2.36. The van der Waals surface area contributed by atoms with Crippen molar-refractivity contribution in [1.82, 2.24) is 0 Å². The number of rotatable bonds is 3. The molecule has 3 rings (SSSR count). The maximum absolute atomic E-state index is 5.99. The first-order chi connectivity index (χ1) is 10.6. The number of hydrogen-bond acceptors (Lipinski definition) is 3. The van der Waals surface area contributed by atoms with E-state index in [4.69, 9.17) is 16.2 Å². The Kier molecular flexibility index (Phi) is 4.41. The van der Waals surface area contributed by atoms with Crippen molar-refractivity contribution in [3.63, 3.8) is 0 Å². The zero-order chi connectivity index (χ0) is 15.5. The monoisotopic (exact) mass is 298 g/mol. The van der Waals surface area contributed by atoms with Gasteiger partial charge in [0.25, 0.3) is 0 Å². The van der Waals surface area contributed by atoms with Crippen LogP contribution in [0.2, 0.25) is 0 Å². The van der Waals surface area contributed by atoms with E-state index in [2.05, 4.69) is 31.2 Å². The number of nitrogens with two attached hydrogens (primary N) is 2. The molecule has 118 valence electrons. The van der Waals surface area contributed by atoms with Crippen molar-refractivity contribution >= 4 is 0 Å². The lowest BCUT2D eigenvalue weighted by molar-refractivity contribution is 0.236. The average molecular weight is 298 g/mol. The molecule has 2 aliphatic rings. The summed E-state index contributed by atoms with van der Waals surface area (Å²) in [7, 11) is 0. The summed E-state index contributed by atoms with van der Waals surface area (Å²) in [5.41, 5.74) is 14.6. The van der Waals surface area contributed by atoms with Crippen LogP contribution in [0.15, 0.2) is 47.8 Å². The Morgan fingerprint density at radius 3 is 2.32 bits per heavy atom. The molecule has 1 fully saturated rings. The lowest BCUT2D eigenvalue weighted by Gasteiger charge is -2.27. The number of hydrogen-bond donors (Lipinski definition) is 2. The zero-order valence-corrected chi connectivity index (χ0v) is 13.3. The molecule has 0 amide bonds. The molecule has 0 spiro atoms. The van der Waals surface area contributed by atoms with Crippen molar-refractivity contribution in [3.05, 3.63) is 53.4 Å². The minimum atomic E-state index is -0.103. The van der Waals surface area contributed by atoms with E-state index >= 15 is 0 Å². The fourth-order valence-corrected chi connectivity index (χ4v) is 3.42. The molecular weight excluding hydrogens is 272 g/mol. The minimum absolute atomic E-state index is 0.103. The fourth-order valence-electron chi connectivity index (χ4n) is 3.42. The van der Waals surface area contributed by atoms with Crippen LogP contribution in [0.4, 0.5) is 0 Å². The van der Waals surface area contributed by atoms with Gasteiger partial charge in [-0.05, 0) is 48.4 Å². The smallest absolute Gasteiger partial charge is 0.141 e. The van der Waals surface area contributed by atoms with Gasteiger partial charge in [-0.2, -0.15) is 0 Å². The van der Waals surface area contributed by atoms with E-state index in [0.717, 1.165) is 23.8 Å². The lowest BCUT2D eigenvalue weighted by Crippen LogP contribution is -2.27. The molecule has 1 aromatic rings. The van der Waals surface area contributed by atoms with Gasteiger partial charge in [-0.25, -0.2) is 0 Å². The SMILES string of the molecule is CC1CCC(c2ccc(OC3CC=C(N)C=C3N)cc2)CC1. The second-order valence-electron chi connectivity index (χ2n) is 6.72. The summed E-state index contributed by atoms with van der Waals surface area (Å²) in [6, 6.07) is 8.57. The molecule has 0 radical (unpaired) electrons. The van der Waals surface area contributed by atoms with Gasteiger partial charge in [0.05, 0.1) is 5.70 Å². The van der Waals surface area contributed by atoms with E-state index in [1.807, 2.05) is 6.08 Å². The van der Waals surface area contributed by atoms with Gasteiger partial charge in [0.1, 0.15) is 11.9 Å². The maximum Gasteiger partial charge on any atom is 0.141 e. The fraction of sp³-hybridized carbons (Fsp3) is 0.474. The van der Waals surface area contributed by atoms with Crippen LogP contribution >= 0.6 is 0 Å². The van der Waals surface area contributed by atoms with Crippen molar-refractivity contribution in [3.8, 4) is 5.75 Å². The Balaban J connectivity index is 1.61. The Labute approximate surface area is 133 Å². The Hall–Kier alpha value is -1.90. The molecule has 1 aromatic carbocycles. The first-order valence-electron chi connectivity index (χ1n) is 8.31. The second-order valence-corrected chi connectivity index (χ2v) is 6.72. The van der Waals surface area contributed by atoms with Gasteiger partial charge >= 0.3 is 0 Å². The molecule has 0 aromatic heterocycles. The van der Waals surface area contributed by atoms with Crippen LogP contribution in [0.1, 0.15) is 50.5 Å². The normalized spacial score (nSPS) is 28.7. The van der Waals surface area contributed by atoms with Gasteiger partial charge in [0.15, 0.2) is 0 Å². The van der Waals surface area contributed by atoms with Gasteiger partial charge in [-0.1, -0.05) is 38.0 Å². The molecule has 0 bridgehead atoms. The summed E-state index contributed by atoms with van der Waals surface area (Å²) in [5.74, 6) is 2.48. The number of benzene rings is 1. The molecule has 0 heterocycles. The van der Waals surface area contributed by atoms with Crippen molar-refractivity contribution < 1.29 is 4.74 Å². The predicted octanol–water partition coefficient (Wildman–Crippen LogP) is 3.82. The van der Waals surface area contributed by atoms with E-state index in [-0.39, 0.29) is 6.10 Å². The molecule has 4 N–H and O–H groups in total. The molecule has 3 heteroatoms. The number of ether oxygens (including phenoxy) is 1. The summed E-state index contributed by atoms with van der Waals surface area (Å²) >= 11 is 0. The largest absolute Gasteiger partial charge is 0.484 e. The minimum Gasteiger partial charge on any atom is -0.484 e. The van der Waals surface area contributed by atoms with E-state index in [1.54, 1.807) is 6.08 Å². The highest BCUT2D eigenvalue weighted by Crippen LogP contribution is 2.36. The first kappa shape index (κ1) is 15.0. The highest BCUT2D eigenvalue weighted by Gasteiger charge is 2.20. The number of allylic oxidation sites excluding steroid dienone is 1. The van der Waals surface area contributed by atoms with E-state index in [1.165, 1.54) is 31.2 Å². The summed E-state index contributed by atoms with van der Waals surface area (Å²) in [4.78, 5) is 0. The first-order valence-corrected chi connectivity index (χ1v) is 8.31. The van der Waals surface area contributed by atoms with Gasteiger partial charge in [-0.3, -0.25) is 0 Å². The highest BCUT2D eigenvalue weighted by atomic mass is 16.5. The van der Waals surface area contributed by atoms with Crippen molar-refractivity contribution in [2.24, 2.45) is 17.4 Å². The molecule has 3 nitrogen and oxygen atoms in total. The van der Waals surface area contributed by atoms with Crippen molar-refractivity contribution in [1.29, 1.82) is 0 Å². The molecule has 0 saturated heterocycles. The van der Waals surface area contributed by atoms with Gasteiger partial charge in [0, 0.05) is 12.1 Å². The lowest BCUT2D eigenvalue weighted by atomic mass is 9.79. The average Bonchev–Trinajstić information content (AvgIpc) is 2.52. The van der Waals surface area contributed by atoms with Crippen LogP contribution < -0.4 is 16.2 Å². The Morgan fingerprint density at radius 1 is 1.00 bits per heavy atom. The highest BCUT2D eigenvalue weighted by molar-refractivity contribution is 5.32. The molecule has 22 heavy (non-hydrogen) atoms. The third-order valence-electron chi connectivity index (χ3n) is 4.92. The summed E-state index contributed by atoms with van der Waals surface area (Å²) in [6.07, 6.45) is 9.68. The van der Waals surface area contributed by atoms with Crippen LogP contribution in [0.5, 0.6) is 5.75 Å². The summed E-state index contributed by atoms with van der Waals surface area (Å²) in [5, 5.41) is 0. The van der Waals surface area contributed by atoms with Crippen LogP contribution in [0.25, 0.3) is 0 Å². The maximum atomic E-state index is 5.99. The second kappa shape index (κ2) is 6.47.